The third-order valence-electron chi connectivity index (χ3n) is 1.50. The van der Waals surface area contributed by atoms with Crippen molar-refractivity contribution in [2.75, 3.05) is 0 Å². The predicted octanol–water partition coefficient (Wildman–Crippen LogP) is 1.02. The molecule has 50 valence electrons. The molecule has 1 aliphatic heterocycles. The maximum atomic E-state index is 5.58. The summed E-state index contributed by atoms with van der Waals surface area (Å²) in [4.78, 5) is 0. The molecule has 0 aromatic rings. The zero-order valence-corrected chi connectivity index (χ0v) is 5.62. The molecule has 0 spiro atoms. The molecule has 1 aliphatic rings. The Labute approximate surface area is 55.6 Å². The SMILES string of the molecule is CCC1C=CC=CN1N. The zero-order chi connectivity index (χ0) is 6.69. The highest BCUT2D eigenvalue weighted by Crippen LogP contribution is 2.05. The van der Waals surface area contributed by atoms with Crippen LogP contribution >= 0.6 is 0 Å². The summed E-state index contributed by atoms with van der Waals surface area (Å²) in [5.41, 5.74) is 0. The normalized spacial score (nSPS) is 25.1. The highest BCUT2D eigenvalue weighted by Gasteiger charge is 2.06. The third-order valence-corrected chi connectivity index (χ3v) is 1.50. The van der Waals surface area contributed by atoms with Crippen LogP contribution in [-0.4, -0.2) is 11.1 Å². The molecule has 0 bridgehead atoms. The average molecular weight is 124 g/mol. The van der Waals surface area contributed by atoms with Gasteiger partial charge in [-0.15, -0.1) is 0 Å². The number of rotatable bonds is 1. The first kappa shape index (κ1) is 6.36. The molecule has 1 unspecified atom stereocenters. The van der Waals surface area contributed by atoms with Crippen LogP contribution in [0.4, 0.5) is 0 Å². The summed E-state index contributed by atoms with van der Waals surface area (Å²) >= 11 is 0. The Morgan fingerprint density at radius 3 is 2.78 bits per heavy atom. The van der Waals surface area contributed by atoms with E-state index in [9.17, 15) is 0 Å². The molecule has 1 rings (SSSR count). The summed E-state index contributed by atoms with van der Waals surface area (Å²) in [7, 11) is 0. The van der Waals surface area contributed by atoms with Crippen LogP contribution in [0.25, 0.3) is 0 Å². The molecular formula is C7H12N2. The molecule has 0 aromatic carbocycles. The molecular weight excluding hydrogens is 112 g/mol. The van der Waals surface area contributed by atoms with E-state index in [-0.39, 0.29) is 0 Å². The van der Waals surface area contributed by atoms with E-state index in [1.807, 2.05) is 18.4 Å². The first-order valence-electron chi connectivity index (χ1n) is 3.22. The molecule has 2 heteroatoms. The minimum Gasteiger partial charge on any atom is -0.311 e. The first-order chi connectivity index (χ1) is 4.34. The number of nitrogens with two attached hydrogens (primary N) is 1. The van der Waals surface area contributed by atoms with E-state index in [2.05, 4.69) is 13.0 Å². The fraction of sp³-hybridized carbons (Fsp3) is 0.429. The lowest BCUT2D eigenvalue weighted by molar-refractivity contribution is 0.320. The van der Waals surface area contributed by atoms with Crippen LogP contribution in [0.5, 0.6) is 0 Å². The maximum Gasteiger partial charge on any atom is 0.0626 e. The minimum absolute atomic E-state index is 0.398. The van der Waals surface area contributed by atoms with Gasteiger partial charge in [0.1, 0.15) is 0 Å². The van der Waals surface area contributed by atoms with E-state index < -0.39 is 0 Å². The molecule has 0 radical (unpaired) electrons. The van der Waals surface area contributed by atoms with E-state index in [0.717, 1.165) is 6.42 Å². The Hall–Kier alpha value is -0.760. The van der Waals surface area contributed by atoms with Gasteiger partial charge in [0.05, 0.1) is 6.04 Å². The monoisotopic (exact) mass is 124 g/mol. The lowest BCUT2D eigenvalue weighted by Crippen LogP contribution is -2.35. The van der Waals surface area contributed by atoms with Crippen molar-refractivity contribution in [2.45, 2.75) is 19.4 Å². The molecule has 0 aromatic heterocycles. The van der Waals surface area contributed by atoms with Crippen molar-refractivity contribution in [3.63, 3.8) is 0 Å². The van der Waals surface area contributed by atoms with Gasteiger partial charge in [0.15, 0.2) is 0 Å². The van der Waals surface area contributed by atoms with Crippen LogP contribution in [0.2, 0.25) is 0 Å². The molecule has 1 atom stereocenters. The van der Waals surface area contributed by atoms with Gasteiger partial charge in [0.2, 0.25) is 0 Å². The second-order valence-electron chi connectivity index (χ2n) is 2.15. The summed E-state index contributed by atoms with van der Waals surface area (Å²) < 4.78 is 0. The summed E-state index contributed by atoms with van der Waals surface area (Å²) in [6, 6.07) is 0.398. The largest absolute Gasteiger partial charge is 0.311 e. The predicted molar refractivity (Wildman–Crippen MR) is 38.4 cm³/mol. The smallest absolute Gasteiger partial charge is 0.0626 e. The van der Waals surface area contributed by atoms with Crippen LogP contribution in [0, 0.1) is 0 Å². The van der Waals surface area contributed by atoms with Gasteiger partial charge in [0, 0.05) is 6.20 Å². The summed E-state index contributed by atoms with van der Waals surface area (Å²) in [6.45, 7) is 2.12. The Bertz CT molecular complexity index is 138. The molecule has 2 N–H and O–H groups in total. The molecule has 0 saturated heterocycles. The van der Waals surface area contributed by atoms with Crippen molar-refractivity contribution >= 4 is 0 Å². The second kappa shape index (κ2) is 2.69. The minimum atomic E-state index is 0.398. The molecule has 0 amide bonds. The van der Waals surface area contributed by atoms with Crippen LogP contribution in [0.15, 0.2) is 24.4 Å². The summed E-state index contributed by atoms with van der Waals surface area (Å²) in [5, 5.41) is 1.72. The van der Waals surface area contributed by atoms with Crippen LogP contribution in [-0.2, 0) is 0 Å². The highest BCUT2D eigenvalue weighted by molar-refractivity contribution is 5.11. The maximum absolute atomic E-state index is 5.58. The molecule has 0 aliphatic carbocycles. The van der Waals surface area contributed by atoms with Crippen LogP contribution < -0.4 is 5.84 Å². The van der Waals surface area contributed by atoms with Crippen LogP contribution in [0.1, 0.15) is 13.3 Å². The van der Waals surface area contributed by atoms with Gasteiger partial charge in [-0.3, -0.25) is 0 Å². The van der Waals surface area contributed by atoms with Gasteiger partial charge >= 0.3 is 0 Å². The van der Waals surface area contributed by atoms with Crippen molar-refractivity contribution in [3.8, 4) is 0 Å². The zero-order valence-electron chi connectivity index (χ0n) is 5.62. The standard InChI is InChI=1S/C7H12N2/c1-2-7-5-3-4-6-9(7)8/h3-7H,2,8H2,1H3. The molecule has 1 heterocycles. The Morgan fingerprint density at radius 1 is 1.56 bits per heavy atom. The highest BCUT2D eigenvalue weighted by atomic mass is 15.4. The first-order valence-corrected chi connectivity index (χ1v) is 3.22. The van der Waals surface area contributed by atoms with Crippen molar-refractivity contribution in [3.05, 3.63) is 24.4 Å². The fourth-order valence-electron chi connectivity index (χ4n) is 0.898. The van der Waals surface area contributed by atoms with Gasteiger partial charge in [0.25, 0.3) is 0 Å². The van der Waals surface area contributed by atoms with E-state index in [1.54, 1.807) is 5.01 Å². The Kier molecular flexibility index (Phi) is 1.90. The van der Waals surface area contributed by atoms with Crippen molar-refractivity contribution in [1.29, 1.82) is 0 Å². The lowest BCUT2D eigenvalue weighted by atomic mass is 10.2. The van der Waals surface area contributed by atoms with E-state index in [1.165, 1.54) is 0 Å². The molecule has 2 nitrogen and oxygen atoms in total. The number of nitrogens with zero attached hydrogens (tertiary/aromatic N) is 1. The number of allylic oxidation sites excluding steroid dienone is 2. The fourth-order valence-corrected chi connectivity index (χ4v) is 0.898. The quantitative estimate of drug-likeness (QED) is 0.529. The van der Waals surface area contributed by atoms with E-state index in [4.69, 9.17) is 5.84 Å². The van der Waals surface area contributed by atoms with Crippen LogP contribution in [0.3, 0.4) is 0 Å². The van der Waals surface area contributed by atoms with Gasteiger partial charge in [-0.1, -0.05) is 19.1 Å². The summed E-state index contributed by atoms with van der Waals surface area (Å²) in [6.07, 6.45) is 9.01. The van der Waals surface area contributed by atoms with Gasteiger partial charge in [-0.2, -0.15) is 0 Å². The average Bonchev–Trinajstić information content (AvgIpc) is 1.89. The van der Waals surface area contributed by atoms with E-state index in [0.29, 0.717) is 6.04 Å². The Morgan fingerprint density at radius 2 is 2.33 bits per heavy atom. The molecule has 0 saturated carbocycles. The van der Waals surface area contributed by atoms with E-state index >= 15 is 0 Å². The summed E-state index contributed by atoms with van der Waals surface area (Å²) in [5.74, 6) is 5.58. The van der Waals surface area contributed by atoms with Gasteiger partial charge in [-0.05, 0) is 12.5 Å². The van der Waals surface area contributed by atoms with Crippen molar-refractivity contribution in [1.82, 2.24) is 5.01 Å². The number of hydrazine groups is 1. The van der Waals surface area contributed by atoms with Gasteiger partial charge < -0.3 is 5.01 Å². The van der Waals surface area contributed by atoms with Gasteiger partial charge in [-0.25, -0.2) is 5.84 Å². The molecule has 9 heavy (non-hydrogen) atoms. The topological polar surface area (TPSA) is 29.3 Å². The van der Waals surface area contributed by atoms with Crippen molar-refractivity contribution in [2.24, 2.45) is 5.84 Å². The number of hydrogen-bond donors (Lipinski definition) is 1. The third kappa shape index (κ3) is 1.33. The Balaban J connectivity index is 2.55. The second-order valence-corrected chi connectivity index (χ2v) is 2.15. The van der Waals surface area contributed by atoms with Crippen molar-refractivity contribution < 1.29 is 0 Å². The molecule has 0 fully saturated rings. The lowest BCUT2D eigenvalue weighted by Gasteiger charge is -2.23. The number of hydrogen-bond acceptors (Lipinski definition) is 2.